The van der Waals surface area contributed by atoms with E-state index in [0.717, 1.165) is 44.1 Å². The third-order valence-electron chi connectivity index (χ3n) is 14.0. The number of carboxylic acid groups (broad SMARTS) is 1. The van der Waals surface area contributed by atoms with Crippen LogP contribution in [0.3, 0.4) is 0 Å². The van der Waals surface area contributed by atoms with Crippen molar-refractivity contribution in [2.45, 2.75) is 200 Å². The predicted molar refractivity (Wildman–Crippen MR) is 212 cm³/mol. The molecule has 3 aliphatic carbocycles. The van der Waals surface area contributed by atoms with Crippen LogP contribution >= 0.6 is 0 Å². The summed E-state index contributed by atoms with van der Waals surface area (Å²) in [5.41, 5.74) is 7.20. The zero-order valence-corrected chi connectivity index (χ0v) is 36.1. The van der Waals surface area contributed by atoms with E-state index in [0.29, 0.717) is 51.5 Å². The van der Waals surface area contributed by atoms with Gasteiger partial charge in [-0.3, -0.25) is 0 Å². The minimum absolute atomic E-state index is 0.0329. The van der Waals surface area contributed by atoms with Crippen LogP contribution in [-0.2, 0) is 13.6 Å². The molecule has 7 atom stereocenters. The summed E-state index contributed by atoms with van der Waals surface area (Å²) >= 11 is 0. The Morgan fingerprint density at radius 3 is 1.86 bits per heavy atom. The first-order chi connectivity index (χ1) is 22.7. The number of carboxylic acids is 1. The first-order valence-corrected chi connectivity index (χ1v) is 24.3. The normalized spacial score (nSPS) is 30.1. The summed E-state index contributed by atoms with van der Waals surface area (Å²) < 4.78 is 15.1. The number of fused-ring (bicyclic) bond motifs is 1. The zero-order valence-electron chi connectivity index (χ0n) is 34.1. The van der Waals surface area contributed by atoms with Gasteiger partial charge in [-0.1, -0.05) is 121 Å². The number of aliphatic carboxylic acids is 1. The quantitative estimate of drug-likeness (QED) is 0.165. The van der Waals surface area contributed by atoms with Crippen LogP contribution in [0.25, 0.3) is 0 Å². The van der Waals surface area contributed by atoms with E-state index in [2.05, 4.69) is 109 Å². The largest absolute Gasteiger partial charge is 0.479 e. The van der Waals surface area contributed by atoms with Gasteiger partial charge < -0.3 is 19.1 Å². The summed E-state index contributed by atoms with van der Waals surface area (Å²) in [6.45, 7) is 37.9. The second-order valence-corrected chi connectivity index (χ2v) is 29.4. The lowest BCUT2D eigenvalue weighted by atomic mass is 9.60. The Hall–Kier alpha value is -0.996. The average molecular weight is 717 g/mol. The van der Waals surface area contributed by atoms with Crippen molar-refractivity contribution in [1.29, 1.82) is 0 Å². The number of aliphatic hydroxyl groups excluding tert-OH is 1. The van der Waals surface area contributed by atoms with Gasteiger partial charge in [-0.25, -0.2) is 4.79 Å². The van der Waals surface area contributed by atoms with E-state index in [1.54, 1.807) is 0 Å². The van der Waals surface area contributed by atoms with Gasteiger partial charge in [-0.2, -0.15) is 0 Å². The van der Waals surface area contributed by atoms with Crippen molar-refractivity contribution in [3.8, 4) is 0 Å². The fourth-order valence-electron chi connectivity index (χ4n) is 11.8. The lowest BCUT2D eigenvalue weighted by Gasteiger charge is -2.49. The molecule has 3 fully saturated rings. The number of hydrogen-bond acceptors (Lipinski definition) is 4. The van der Waals surface area contributed by atoms with Gasteiger partial charge in [0.15, 0.2) is 6.10 Å². The first-order valence-electron chi connectivity index (χ1n) is 20.0. The molecule has 0 spiro atoms. The van der Waals surface area contributed by atoms with Crippen molar-refractivity contribution in [3.05, 3.63) is 35.5 Å². The third kappa shape index (κ3) is 8.47. The van der Waals surface area contributed by atoms with Gasteiger partial charge in [0.25, 0.3) is 0 Å². The Morgan fingerprint density at radius 2 is 1.37 bits per heavy atom. The summed E-state index contributed by atoms with van der Waals surface area (Å²) in [7, 11) is -4.27. The van der Waals surface area contributed by atoms with E-state index in [4.69, 9.17) is 15.4 Å². The molecule has 282 valence electrons. The van der Waals surface area contributed by atoms with Gasteiger partial charge in [-0.15, -0.1) is 0 Å². The van der Waals surface area contributed by atoms with Gasteiger partial charge in [0.1, 0.15) is 0 Å². The van der Waals surface area contributed by atoms with Crippen LogP contribution in [-0.4, -0.2) is 51.1 Å². The molecule has 0 aromatic carbocycles. The van der Waals surface area contributed by atoms with Crippen LogP contribution in [0.1, 0.15) is 148 Å². The van der Waals surface area contributed by atoms with E-state index >= 15 is 0 Å². The molecule has 3 aliphatic rings. The van der Waals surface area contributed by atoms with E-state index in [1.807, 2.05) is 0 Å². The van der Waals surface area contributed by atoms with Crippen LogP contribution in [0.2, 0.25) is 33.2 Å². The molecule has 0 heterocycles. The standard InChI is InChI=1S/C42H76O5Si2/c1-26(2)48(27(3)4,28(5)6)46-36-24-35(33(14)40(25-36)47-49(29(7)8,30(9)10)31(11)12)19-18-34-17-16-22-42(15)37(20-21-38(34)42)32(13)23-39(43)41(44)45/h18-19,26-32,36-40,43H,14,16-17,20-25H2,1-13,15H3,(H,44,45)/b34-18?,35-19-/t32-,36+,37-,38+,39?,40-,42-/m1/s1. The Morgan fingerprint density at radius 1 is 0.857 bits per heavy atom. The second kappa shape index (κ2) is 16.8. The molecule has 0 aromatic rings. The fraction of sp³-hybridized carbons (Fsp3) is 0.833. The molecular weight excluding hydrogens is 641 g/mol. The molecule has 5 nitrogen and oxygen atoms in total. The molecule has 1 unspecified atom stereocenters. The fourth-order valence-corrected chi connectivity index (χ4v) is 22.9. The minimum Gasteiger partial charge on any atom is -0.479 e. The summed E-state index contributed by atoms with van der Waals surface area (Å²) in [5, 5.41) is 19.5. The van der Waals surface area contributed by atoms with E-state index in [1.165, 1.54) is 17.6 Å². The highest BCUT2D eigenvalue weighted by Crippen LogP contribution is 2.60. The molecule has 0 amide bonds. The monoisotopic (exact) mass is 717 g/mol. The molecule has 0 radical (unpaired) electrons. The van der Waals surface area contributed by atoms with Crippen LogP contribution in [0, 0.1) is 23.2 Å². The number of aliphatic hydroxyl groups is 1. The Labute approximate surface area is 304 Å². The highest BCUT2D eigenvalue weighted by atomic mass is 28.4. The molecule has 3 saturated carbocycles. The van der Waals surface area contributed by atoms with Crippen molar-refractivity contribution >= 4 is 22.6 Å². The van der Waals surface area contributed by atoms with Gasteiger partial charge in [-0.05, 0) is 113 Å². The minimum atomic E-state index is -2.16. The molecule has 0 bridgehead atoms. The van der Waals surface area contributed by atoms with Gasteiger partial charge >= 0.3 is 5.97 Å². The van der Waals surface area contributed by atoms with Crippen molar-refractivity contribution < 1.29 is 23.9 Å². The molecule has 2 N–H and O–H groups in total. The Balaban J connectivity index is 2.03. The average Bonchev–Trinajstić information content (AvgIpc) is 3.35. The lowest BCUT2D eigenvalue weighted by Crippen LogP contribution is -2.54. The summed E-state index contributed by atoms with van der Waals surface area (Å²) in [4.78, 5) is 11.4. The third-order valence-corrected chi connectivity index (χ3v) is 26.2. The lowest BCUT2D eigenvalue weighted by molar-refractivity contribution is -0.147. The molecule has 0 aliphatic heterocycles. The van der Waals surface area contributed by atoms with Crippen LogP contribution in [0.15, 0.2) is 35.5 Å². The van der Waals surface area contributed by atoms with Gasteiger partial charge in [0, 0.05) is 6.42 Å². The van der Waals surface area contributed by atoms with Crippen molar-refractivity contribution in [1.82, 2.24) is 0 Å². The highest BCUT2D eigenvalue weighted by molar-refractivity contribution is 6.78. The number of carbonyl (C=O) groups is 1. The summed E-state index contributed by atoms with van der Waals surface area (Å²) in [6, 6.07) is 0. The van der Waals surface area contributed by atoms with Crippen LogP contribution in [0.5, 0.6) is 0 Å². The molecule has 49 heavy (non-hydrogen) atoms. The summed E-state index contributed by atoms with van der Waals surface area (Å²) in [6.07, 6.45) is 11.4. The molecule has 7 heteroatoms. The Bertz CT molecular complexity index is 1160. The molecular formula is C42H76O5Si2. The molecule has 3 rings (SSSR count). The van der Waals surface area contributed by atoms with Crippen molar-refractivity contribution in [3.63, 3.8) is 0 Å². The van der Waals surface area contributed by atoms with Gasteiger partial charge in [0.05, 0.1) is 12.2 Å². The van der Waals surface area contributed by atoms with E-state index < -0.39 is 28.7 Å². The van der Waals surface area contributed by atoms with E-state index in [-0.39, 0.29) is 23.5 Å². The maximum Gasteiger partial charge on any atom is 0.332 e. The van der Waals surface area contributed by atoms with E-state index in [9.17, 15) is 15.0 Å². The summed E-state index contributed by atoms with van der Waals surface area (Å²) in [5.74, 6) is -0.0168. The number of allylic oxidation sites excluding steroid dienone is 3. The first kappa shape index (κ1) is 42.4. The van der Waals surface area contributed by atoms with Crippen molar-refractivity contribution in [2.75, 3.05) is 0 Å². The zero-order chi connectivity index (χ0) is 37.2. The predicted octanol–water partition coefficient (Wildman–Crippen LogP) is 12.0. The maximum atomic E-state index is 11.4. The maximum absolute atomic E-state index is 11.4. The smallest absolute Gasteiger partial charge is 0.332 e. The van der Waals surface area contributed by atoms with Crippen molar-refractivity contribution in [2.24, 2.45) is 23.2 Å². The molecule has 0 aromatic heterocycles. The topological polar surface area (TPSA) is 76.0 Å². The Kier molecular flexibility index (Phi) is 14.5. The second-order valence-electron chi connectivity index (χ2n) is 18.5. The van der Waals surface area contributed by atoms with Crippen LogP contribution in [0.4, 0.5) is 0 Å². The van der Waals surface area contributed by atoms with Crippen LogP contribution < -0.4 is 0 Å². The SMILES string of the molecule is C=C1/C(=C\C=C2CCC[C@]3(C)[C@@H]([C@H](C)CC(O)C(=O)O)CC[C@@H]23)C[C@H](O[Si](C(C)C)(C(C)C)C(C)C)C[C@H]1O[Si](C(C)C)(C(C)C)C(C)C. The van der Waals surface area contributed by atoms with Gasteiger partial charge in [0.2, 0.25) is 16.6 Å². The molecule has 0 saturated heterocycles. The highest BCUT2D eigenvalue weighted by Gasteiger charge is 2.52. The number of hydrogen-bond donors (Lipinski definition) is 2. The number of rotatable bonds is 15.